The molecule has 3 nitrogen and oxygen atoms in total. The first-order valence-electron chi connectivity index (χ1n) is 8.67. The lowest BCUT2D eigenvalue weighted by Gasteiger charge is -2.20. The summed E-state index contributed by atoms with van der Waals surface area (Å²) in [6.07, 6.45) is 4.33. The Morgan fingerprint density at radius 1 is 1.08 bits per heavy atom. The molecule has 0 bridgehead atoms. The summed E-state index contributed by atoms with van der Waals surface area (Å²) >= 11 is 0. The van der Waals surface area contributed by atoms with E-state index in [9.17, 15) is 4.79 Å². The van der Waals surface area contributed by atoms with Crippen molar-refractivity contribution in [2.45, 2.75) is 33.2 Å². The summed E-state index contributed by atoms with van der Waals surface area (Å²) in [6.45, 7) is 6.36. The predicted octanol–water partition coefficient (Wildman–Crippen LogP) is 4.92. The van der Waals surface area contributed by atoms with Crippen LogP contribution in [0.25, 0.3) is 6.08 Å². The largest absolute Gasteiger partial charge is 0.497 e. The summed E-state index contributed by atoms with van der Waals surface area (Å²) in [6, 6.07) is 16.0. The third-order valence-electron chi connectivity index (χ3n) is 4.05. The Kier molecular flexibility index (Phi) is 6.81. The van der Waals surface area contributed by atoms with Crippen LogP contribution in [0.4, 0.5) is 0 Å². The first kappa shape index (κ1) is 18.8. The molecule has 1 N–H and O–H groups in total. The van der Waals surface area contributed by atoms with E-state index in [4.69, 9.17) is 4.74 Å². The minimum absolute atomic E-state index is 0.0129. The number of rotatable bonds is 7. The highest BCUT2D eigenvalue weighted by atomic mass is 16.5. The van der Waals surface area contributed by atoms with Gasteiger partial charge < -0.3 is 10.1 Å². The lowest BCUT2D eigenvalue weighted by molar-refractivity contribution is -0.117. The van der Waals surface area contributed by atoms with Crippen molar-refractivity contribution in [3.63, 3.8) is 0 Å². The highest BCUT2D eigenvalue weighted by Gasteiger charge is 2.15. The first-order chi connectivity index (χ1) is 12.0. The molecule has 0 radical (unpaired) electrons. The van der Waals surface area contributed by atoms with Crippen molar-refractivity contribution in [3.8, 4) is 5.75 Å². The SMILES string of the molecule is COc1ccc([C@@H](CC(C)C)NC(=O)/C=C/c2ccc(C)cc2)cc1. The average molecular weight is 337 g/mol. The topological polar surface area (TPSA) is 38.3 Å². The van der Waals surface area contributed by atoms with Gasteiger partial charge in [-0.15, -0.1) is 0 Å². The maximum atomic E-state index is 12.3. The fourth-order valence-corrected chi connectivity index (χ4v) is 2.66. The zero-order valence-electron chi connectivity index (χ0n) is 15.5. The molecule has 0 saturated carbocycles. The van der Waals surface area contributed by atoms with Gasteiger partial charge >= 0.3 is 0 Å². The number of nitrogens with one attached hydrogen (secondary N) is 1. The second-order valence-electron chi connectivity index (χ2n) is 6.71. The number of benzene rings is 2. The standard InChI is InChI=1S/C22H27NO2/c1-16(2)15-21(19-10-12-20(25-4)13-11-19)23-22(24)14-9-18-7-5-17(3)6-8-18/h5-14,16,21H,15H2,1-4H3,(H,23,24)/b14-9+/t21-/m1/s1. The van der Waals surface area contributed by atoms with Gasteiger partial charge in [0, 0.05) is 6.08 Å². The third-order valence-corrected chi connectivity index (χ3v) is 4.05. The van der Waals surface area contributed by atoms with Crippen LogP contribution in [0.3, 0.4) is 0 Å². The Labute approximate surface area is 150 Å². The fraction of sp³-hybridized carbons (Fsp3) is 0.318. The van der Waals surface area contributed by atoms with E-state index in [2.05, 4.69) is 19.2 Å². The summed E-state index contributed by atoms with van der Waals surface area (Å²) in [5, 5.41) is 3.12. The van der Waals surface area contributed by atoms with Crippen molar-refractivity contribution in [3.05, 3.63) is 71.3 Å². The number of ether oxygens (including phenoxy) is 1. The Morgan fingerprint density at radius 3 is 2.28 bits per heavy atom. The van der Waals surface area contributed by atoms with Gasteiger partial charge in [-0.25, -0.2) is 0 Å². The molecule has 1 atom stereocenters. The van der Waals surface area contributed by atoms with Crippen LogP contribution in [-0.2, 0) is 4.79 Å². The first-order valence-corrected chi connectivity index (χ1v) is 8.67. The molecule has 132 valence electrons. The van der Waals surface area contributed by atoms with Crippen LogP contribution in [0, 0.1) is 12.8 Å². The normalized spacial score (nSPS) is 12.4. The average Bonchev–Trinajstić information content (AvgIpc) is 2.60. The summed E-state index contributed by atoms with van der Waals surface area (Å²) in [7, 11) is 1.65. The van der Waals surface area contributed by atoms with E-state index in [1.54, 1.807) is 13.2 Å². The van der Waals surface area contributed by atoms with Gasteiger partial charge in [0.1, 0.15) is 5.75 Å². The van der Waals surface area contributed by atoms with Crippen LogP contribution in [-0.4, -0.2) is 13.0 Å². The molecule has 2 rings (SSSR count). The molecule has 0 saturated heterocycles. The van der Waals surface area contributed by atoms with Crippen molar-refractivity contribution >= 4 is 12.0 Å². The molecule has 0 heterocycles. The maximum Gasteiger partial charge on any atom is 0.244 e. The van der Waals surface area contributed by atoms with Crippen molar-refractivity contribution in [2.24, 2.45) is 5.92 Å². The number of hydrogen-bond acceptors (Lipinski definition) is 2. The van der Waals surface area contributed by atoms with Crippen LogP contribution < -0.4 is 10.1 Å². The van der Waals surface area contributed by atoms with Gasteiger partial charge in [-0.2, -0.15) is 0 Å². The highest BCUT2D eigenvalue weighted by molar-refractivity contribution is 5.92. The van der Waals surface area contributed by atoms with Crippen LogP contribution in [0.5, 0.6) is 5.75 Å². The Bertz CT molecular complexity index is 700. The smallest absolute Gasteiger partial charge is 0.244 e. The monoisotopic (exact) mass is 337 g/mol. The Balaban J connectivity index is 2.07. The molecular weight excluding hydrogens is 310 g/mol. The molecule has 25 heavy (non-hydrogen) atoms. The van der Waals surface area contributed by atoms with E-state index in [0.717, 1.165) is 23.3 Å². The van der Waals surface area contributed by atoms with Gasteiger partial charge in [-0.05, 0) is 48.6 Å². The second kappa shape index (κ2) is 9.07. The second-order valence-corrected chi connectivity index (χ2v) is 6.71. The zero-order chi connectivity index (χ0) is 18.2. The van der Waals surface area contributed by atoms with Crippen molar-refractivity contribution < 1.29 is 9.53 Å². The number of amides is 1. The molecule has 0 aliphatic heterocycles. The molecule has 0 spiro atoms. The number of carbonyl (C=O) groups is 1. The molecule has 0 fully saturated rings. The van der Waals surface area contributed by atoms with E-state index in [1.807, 2.05) is 61.5 Å². The quantitative estimate of drug-likeness (QED) is 0.728. The highest BCUT2D eigenvalue weighted by Crippen LogP contribution is 2.23. The Morgan fingerprint density at radius 2 is 1.72 bits per heavy atom. The summed E-state index contributed by atoms with van der Waals surface area (Å²) in [4.78, 5) is 12.3. The number of methoxy groups -OCH3 is 1. The van der Waals surface area contributed by atoms with Crippen LogP contribution in [0.1, 0.15) is 43.0 Å². The maximum absolute atomic E-state index is 12.3. The van der Waals surface area contributed by atoms with Gasteiger partial charge in [0.05, 0.1) is 13.2 Å². The number of aryl methyl sites for hydroxylation is 1. The molecule has 3 heteroatoms. The van der Waals surface area contributed by atoms with Gasteiger partial charge in [-0.1, -0.05) is 55.8 Å². The van der Waals surface area contributed by atoms with E-state index < -0.39 is 0 Å². The van der Waals surface area contributed by atoms with Gasteiger partial charge in [0.15, 0.2) is 0 Å². The van der Waals surface area contributed by atoms with Crippen molar-refractivity contribution in [1.29, 1.82) is 0 Å². The molecule has 0 aromatic heterocycles. The van der Waals surface area contributed by atoms with Gasteiger partial charge in [-0.3, -0.25) is 4.79 Å². The van der Waals surface area contributed by atoms with Crippen LogP contribution in [0.2, 0.25) is 0 Å². The lowest BCUT2D eigenvalue weighted by Crippen LogP contribution is -2.27. The molecule has 0 unspecified atom stereocenters. The molecular formula is C22H27NO2. The lowest BCUT2D eigenvalue weighted by atomic mass is 9.97. The van der Waals surface area contributed by atoms with E-state index in [1.165, 1.54) is 5.56 Å². The van der Waals surface area contributed by atoms with Crippen molar-refractivity contribution in [2.75, 3.05) is 7.11 Å². The minimum Gasteiger partial charge on any atom is -0.497 e. The van der Waals surface area contributed by atoms with E-state index in [-0.39, 0.29) is 11.9 Å². The molecule has 2 aromatic carbocycles. The van der Waals surface area contributed by atoms with Crippen LogP contribution >= 0.6 is 0 Å². The summed E-state index contributed by atoms with van der Waals surface area (Å²) in [5.74, 6) is 1.22. The van der Waals surface area contributed by atoms with E-state index >= 15 is 0 Å². The van der Waals surface area contributed by atoms with Crippen molar-refractivity contribution in [1.82, 2.24) is 5.32 Å². The molecule has 2 aromatic rings. The Hall–Kier alpha value is -2.55. The molecule has 0 aliphatic carbocycles. The van der Waals surface area contributed by atoms with Crippen LogP contribution in [0.15, 0.2) is 54.6 Å². The third kappa shape index (κ3) is 6.11. The molecule has 0 aliphatic rings. The zero-order valence-corrected chi connectivity index (χ0v) is 15.5. The van der Waals surface area contributed by atoms with E-state index in [0.29, 0.717) is 5.92 Å². The summed E-state index contributed by atoms with van der Waals surface area (Å²) in [5.41, 5.74) is 3.32. The molecule has 1 amide bonds. The fourth-order valence-electron chi connectivity index (χ4n) is 2.66. The van der Waals surface area contributed by atoms with Gasteiger partial charge in [0.25, 0.3) is 0 Å². The minimum atomic E-state index is -0.0814. The van der Waals surface area contributed by atoms with Gasteiger partial charge in [0.2, 0.25) is 5.91 Å². The summed E-state index contributed by atoms with van der Waals surface area (Å²) < 4.78 is 5.21. The number of hydrogen-bond donors (Lipinski definition) is 1. The predicted molar refractivity (Wildman–Crippen MR) is 104 cm³/mol. The number of carbonyl (C=O) groups excluding carboxylic acids is 1.